The third-order valence-electron chi connectivity index (χ3n) is 3.37. The molecule has 2 aromatic carbocycles. The van der Waals surface area contributed by atoms with E-state index < -0.39 is 16.4 Å². The highest BCUT2D eigenvalue weighted by atomic mass is 32.2. The molecular weight excluding hydrogens is 342 g/mol. The summed E-state index contributed by atoms with van der Waals surface area (Å²) in [5, 5.41) is 0. The molecule has 8 heteroatoms. The van der Waals surface area contributed by atoms with Crippen molar-refractivity contribution in [3.05, 3.63) is 54.1 Å². The van der Waals surface area contributed by atoms with Crippen LogP contribution in [0.1, 0.15) is 12.0 Å². The molecule has 0 spiro atoms. The quantitative estimate of drug-likeness (QED) is 0.587. The SMILES string of the molecule is O=S(=O)(OCCCc1cccc2c1OC(F)(F)O2)c1ccccc1. The molecule has 0 aliphatic carbocycles. The van der Waals surface area contributed by atoms with E-state index in [2.05, 4.69) is 9.47 Å². The lowest BCUT2D eigenvalue weighted by molar-refractivity contribution is -0.286. The zero-order valence-electron chi connectivity index (χ0n) is 12.4. The molecule has 0 bridgehead atoms. The molecule has 0 fully saturated rings. The number of hydrogen-bond acceptors (Lipinski definition) is 5. The van der Waals surface area contributed by atoms with Gasteiger partial charge in [0.25, 0.3) is 10.1 Å². The molecule has 128 valence electrons. The molecule has 2 aromatic rings. The van der Waals surface area contributed by atoms with Gasteiger partial charge < -0.3 is 9.47 Å². The number of hydrogen-bond donors (Lipinski definition) is 0. The van der Waals surface area contributed by atoms with Crippen LogP contribution in [-0.4, -0.2) is 21.3 Å². The van der Waals surface area contributed by atoms with E-state index in [1.54, 1.807) is 30.3 Å². The van der Waals surface area contributed by atoms with Crippen LogP contribution in [-0.2, 0) is 20.7 Å². The average molecular weight is 356 g/mol. The Balaban J connectivity index is 1.58. The Morgan fingerprint density at radius 2 is 1.75 bits per heavy atom. The molecule has 0 saturated carbocycles. The summed E-state index contributed by atoms with van der Waals surface area (Å²) in [6.45, 7) is -0.0713. The normalized spacial score (nSPS) is 15.4. The molecule has 0 atom stereocenters. The second-order valence-electron chi connectivity index (χ2n) is 5.10. The topological polar surface area (TPSA) is 61.8 Å². The summed E-state index contributed by atoms with van der Waals surface area (Å²) in [5.74, 6) is -0.0521. The minimum Gasteiger partial charge on any atom is -0.395 e. The maximum Gasteiger partial charge on any atom is 0.586 e. The lowest BCUT2D eigenvalue weighted by Gasteiger charge is -2.08. The van der Waals surface area contributed by atoms with Gasteiger partial charge >= 0.3 is 6.29 Å². The summed E-state index contributed by atoms with van der Waals surface area (Å²) in [6, 6.07) is 12.3. The molecule has 24 heavy (non-hydrogen) atoms. The highest BCUT2D eigenvalue weighted by Gasteiger charge is 2.44. The van der Waals surface area contributed by atoms with E-state index in [-0.39, 0.29) is 23.0 Å². The first-order valence-corrected chi connectivity index (χ1v) is 8.60. The zero-order valence-corrected chi connectivity index (χ0v) is 13.3. The Hall–Kier alpha value is -2.19. The zero-order chi connectivity index (χ0) is 17.2. The van der Waals surface area contributed by atoms with Crippen LogP contribution in [0.2, 0.25) is 0 Å². The van der Waals surface area contributed by atoms with Crippen molar-refractivity contribution >= 4 is 10.1 Å². The van der Waals surface area contributed by atoms with E-state index in [4.69, 9.17) is 4.18 Å². The summed E-state index contributed by atoms with van der Waals surface area (Å²) >= 11 is 0. The molecule has 0 unspecified atom stereocenters. The fraction of sp³-hybridized carbons (Fsp3) is 0.250. The van der Waals surface area contributed by atoms with Gasteiger partial charge in [0, 0.05) is 0 Å². The first-order chi connectivity index (χ1) is 11.4. The standard InChI is InChI=1S/C16H14F2O5S/c17-16(18)22-14-10-4-6-12(15(14)23-16)7-5-11-21-24(19,20)13-8-2-1-3-9-13/h1-4,6,8-10H,5,7,11H2. The fourth-order valence-electron chi connectivity index (χ4n) is 2.31. The van der Waals surface area contributed by atoms with E-state index in [1.807, 2.05) is 0 Å². The minimum atomic E-state index is -3.82. The van der Waals surface area contributed by atoms with Crippen LogP contribution in [0.4, 0.5) is 8.78 Å². The molecule has 0 N–H and O–H groups in total. The lowest BCUT2D eigenvalue weighted by Crippen LogP contribution is -2.26. The first-order valence-electron chi connectivity index (χ1n) is 7.20. The predicted octanol–water partition coefficient (Wildman–Crippen LogP) is 3.35. The Bertz CT molecular complexity index is 822. The van der Waals surface area contributed by atoms with Crippen molar-refractivity contribution in [2.45, 2.75) is 24.0 Å². The molecule has 5 nitrogen and oxygen atoms in total. The summed E-state index contributed by atoms with van der Waals surface area (Å²) < 4.78 is 63.9. The number of fused-ring (bicyclic) bond motifs is 1. The number of benzene rings is 2. The van der Waals surface area contributed by atoms with E-state index >= 15 is 0 Å². The van der Waals surface area contributed by atoms with Crippen LogP contribution in [0.15, 0.2) is 53.4 Å². The Kier molecular flexibility index (Phi) is 4.42. The second-order valence-corrected chi connectivity index (χ2v) is 6.72. The van der Waals surface area contributed by atoms with Crippen LogP contribution in [0, 0.1) is 0 Å². The van der Waals surface area contributed by atoms with Crippen molar-refractivity contribution in [3.63, 3.8) is 0 Å². The number of alkyl halides is 2. The van der Waals surface area contributed by atoms with Gasteiger partial charge in [0.05, 0.1) is 11.5 Å². The van der Waals surface area contributed by atoms with Gasteiger partial charge in [-0.2, -0.15) is 8.42 Å². The molecule has 3 rings (SSSR count). The van der Waals surface area contributed by atoms with Crippen LogP contribution >= 0.6 is 0 Å². The molecule has 0 amide bonds. The smallest absolute Gasteiger partial charge is 0.395 e. The van der Waals surface area contributed by atoms with Crippen LogP contribution in [0.25, 0.3) is 0 Å². The van der Waals surface area contributed by atoms with Crippen molar-refractivity contribution < 1.29 is 30.9 Å². The molecule has 1 aliphatic heterocycles. The molecule has 0 aromatic heterocycles. The number of aryl methyl sites for hydroxylation is 1. The summed E-state index contributed by atoms with van der Waals surface area (Å²) in [6.07, 6.45) is -3.05. The van der Waals surface area contributed by atoms with Gasteiger partial charge in [0.1, 0.15) is 0 Å². The van der Waals surface area contributed by atoms with E-state index in [1.165, 1.54) is 18.2 Å². The Labute approximate surface area is 137 Å². The van der Waals surface area contributed by atoms with Gasteiger partial charge in [-0.15, -0.1) is 8.78 Å². The predicted molar refractivity (Wildman–Crippen MR) is 80.5 cm³/mol. The van der Waals surface area contributed by atoms with Gasteiger partial charge in [0.15, 0.2) is 11.5 Å². The lowest BCUT2D eigenvalue weighted by atomic mass is 10.1. The van der Waals surface area contributed by atoms with Crippen molar-refractivity contribution in [1.82, 2.24) is 0 Å². The average Bonchev–Trinajstić information content (AvgIpc) is 2.87. The highest BCUT2D eigenvalue weighted by molar-refractivity contribution is 7.86. The molecular formula is C16H14F2O5S. The fourth-order valence-corrected chi connectivity index (χ4v) is 3.27. The van der Waals surface area contributed by atoms with Crippen LogP contribution in [0.5, 0.6) is 11.5 Å². The van der Waals surface area contributed by atoms with Crippen molar-refractivity contribution in [3.8, 4) is 11.5 Å². The molecule has 0 saturated heterocycles. The third kappa shape index (κ3) is 3.65. The summed E-state index contributed by atoms with van der Waals surface area (Å²) in [7, 11) is -3.82. The monoisotopic (exact) mass is 356 g/mol. The summed E-state index contributed by atoms with van der Waals surface area (Å²) in [4.78, 5) is 0.0713. The number of ether oxygens (including phenoxy) is 2. The van der Waals surface area contributed by atoms with Crippen molar-refractivity contribution in [2.75, 3.05) is 6.61 Å². The largest absolute Gasteiger partial charge is 0.586 e. The van der Waals surface area contributed by atoms with Crippen molar-refractivity contribution in [1.29, 1.82) is 0 Å². The maximum atomic E-state index is 13.1. The van der Waals surface area contributed by atoms with Gasteiger partial charge in [-0.1, -0.05) is 30.3 Å². The van der Waals surface area contributed by atoms with Gasteiger partial charge in [-0.25, -0.2) is 0 Å². The van der Waals surface area contributed by atoms with Crippen LogP contribution < -0.4 is 9.47 Å². The highest BCUT2D eigenvalue weighted by Crippen LogP contribution is 2.43. The summed E-state index contributed by atoms with van der Waals surface area (Å²) in [5.41, 5.74) is 0.505. The Morgan fingerprint density at radius 3 is 2.50 bits per heavy atom. The Morgan fingerprint density at radius 1 is 1.00 bits per heavy atom. The first kappa shape index (κ1) is 16.7. The van der Waals surface area contributed by atoms with Gasteiger partial charge in [-0.3, -0.25) is 4.18 Å². The number of para-hydroxylation sites is 1. The van der Waals surface area contributed by atoms with Crippen molar-refractivity contribution in [2.24, 2.45) is 0 Å². The number of halogens is 2. The van der Waals surface area contributed by atoms with Gasteiger partial charge in [0.2, 0.25) is 0 Å². The number of rotatable bonds is 6. The van der Waals surface area contributed by atoms with E-state index in [0.29, 0.717) is 18.4 Å². The van der Waals surface area contributed by atoms with E-state index in [0.717, 1.165) is 0 Å². The minimum absolute atomic E-state index is 0.0200. The van der Waals surface area contributed by atoms with Crippen LogP contribution in [0.3, 0.4) is 0 Å². The maximum absolute atomic E-state index is 13.1. The molecule has 1 heterocycles. The third-order valence-corrected chi connectivity index (χ3v) is 4.70. The van der Waals surface area contributed by atoms with Gasteiger partial charge in [-0.05, 0) is 36.6 Å². The second kappa shape index (κ2) is 6.37. The molecule has 1 aliphatic rings. The molecule has 0 radical (unpaired) electrons. The van der Waals surface area contributed by atoms with E-state index in [9.17, 15) is 17.2 Å².